The van der Waals surface area contributed by atoms with Gasteiger partial charge in [-0.15, -0.1) is 24.0 Å². The van der Waals surface area contributed by atoms with Crippen LogP contribution in [0.15, 0.2) is 53.7 Å². The lowest BCUT2D eigenvalue weighted by Crippen LogP contribution is -2.44. The van der Waals surface area contributed by atoms with Crippen LogP contribution in [0.25, 0.3) is 0 Å². The highest BCUT2D eigenvalue weighted by atomic mass is 127. The van der Waals surface area contributed by atoms with Crippen molar-refractivity contribution in [2.45, 2.75) is 33.2 Å². The smallest absolute Gasteiger partial charge is 0.241 e. The Kier molecular flexibility index (Phi) is 12.7. The topological polar surface area (TPSA) is 78.9 Å². The van der Waals surface area contributed by atoms with Crippen LogP contribution in [0.3, 0.4) is 0 Å². The molecule has 32 heavy (non-hydrogen) atoms. The molecule has 0 aliphatic rings. The number of aliphatic imine (C=N–C) groups is 1. The van der Waals surface area contributed by atoms with Crippen molar-refractivity contribution in [1.29, 1.82) is 0 Å². The van der Waals surface area contributed by atoms with Crippen molar-refractivity contribution in [3.8, 4) is 5.75 Å². The van der Waals surface area contributed by atoms with Crippen LogP contribution < -0.4 is 15.4 Å². The fourth-order valence-corrected chi connectivity index (χ4v) is 2.85. The van der Waals surface area contributed by atoms with E-state index < -0.39 is 0 Å². The Labute approximate surface area is 209 Å². The molecule has 1 aromatic carbocycles. The monoisotopic (exact) mass is 553 g/mol. The first-order chi connectivity index (χ1) is 14.9. The highest BCUT2D eigenvalue weighted by molar-refractivity contribution is 14.0. The molecule has 0 aliphatic carbocycles. The first kappa shape index (κ1) is 27.7. The predicted octanol–water partition coefficient (Wildman–Crippen LogP) is 3.66. The van der Waals surface area contributed by atoms with E-state index in [1.165, 1.54) is 0 Å². The van der Waals surface area contributed by atoms with Crippen LogP contribution >= 0.6 is 24.0 Å². The molecule has 1 heterocycles. The molecule has 0 saturated carbocycles. The number of pyridine rings is 1. The molecule has 1 aromatic heterocycles. The number of amides is 1. The fraction of sp³-hybridized carbons (Fsp3) is 0.458. The first-order valence-corrected chi connectivity index (χ1v) is 10.7. The zero-order valence-electron chi connectivity index (χ0n) is 19.7. The van der Waals surface area contributed by atoms with E-state index in [0.717, 1.165) is 23.4 Å². The van der Waals surface area contributed by atoms with E-state index >= 15 is 0 Å². The van der Waals surface area contributed by atoms with Gasteiger partial charge in [-0.2, -0.15) is 0 Å². The van der Waals surface area contributed by atoms with E-state index in [-0.39, 0.29) is 42.5 Å². The lowest BCUT2D eigenvalue weighted by Gasteiger charge is -2.21. The third-order valence-corrected chi connectivity index (χ3v) is 4.80. The van der Waals surface area contributed by atoms with Crippen molar-refractivity contribution < 1.29 is 9.53 Å². The Bertz CT molecular complexity index is 828. The SMILES string of the molecule is CN=C(NCC(=O)N(C)CCc1ccccn1)NC(C)c1ccc(OCC(C)C)cc1.I. The first-order valence-electron chi connectivity index (χ1n) is 10.7. The van der Waals surface area contributed by atoms with Gasteiger partial charge in [0.05, 0.1) is 19.2 Å². The maximum Gasteiger partial charge on any atom is 0.241 e. The average molecular weight is 553 g/mol. The molecule has 0 bridgehead atoms. The second-order valence-electron chi connectivity index (χ2n) is 7.95. The van der Waals surface area contributed by atoms with Crippen LogP contribution in [0, 0.1) is 5.92 Å². The Morgan fingerprint density at radius 1 is 1.16 bits per heavy atom. The normalized spacial score (nSPS) is 12.0. The van der Waals surface area contributed by atoms with Crippen LogP contribution in [-0.2, 0) is 11.2 Å². The number of ether oxygens (including phenoxy) is 1. The molecule has 0 saturated heterocycles. The van der Waals surface area contributed by atoms with Gasteiger partial charge in [-0.05, 0) is 42.7 Å². The molecule has 1 unspecified atom stereocenters. The van der Waals surface area contributed by atoms with Crippen LogP contribution in [0.2, 0.25) is 0 Å². The number of rotatable bonds is 10. The maximum atomic E-state index is 12.4. The molecule has 2 N–H and O–H groups in total. The number of hydrogen-bond donors (Lipinski definition) is 2. The largest absolute Gasteiger partial charge is 0.493 e. The summed E-state index contributed by atoms with van der Waals surface area (Å²) in [5, 5.41) is 6.42. The molecule has 2 aromatic rings. The highest BCUT2D eigenvalue weighted by Gasteiger charge is 2.12. The van der Waals surface area contributed by atoms with Crippen molar-refractivity contribution in [3.63, 3.8) is 0 Å². The van der Waals surface area contributed by atoms with Gasteiger partial charge in [-0.3, -0.25) is 14.8 Å². The summed E-state index contributed by atoms with van der Waals surface area (Å²) < 4.78 is 5.74. The third kappa shape index (κ3) is 9.84. The molecule has 0 fully saturated rings. The highest BCUT2D eigenvalue weighted by Crippen LogP contribution is 2.18. The quantitative estimate of drug-likeness (QED) is 0.267. The standard InChI is InChI=1S/C24H35N5O2.HI/c1-18(2)17-31-22-11-9-20(10-12-22)19(3)28-24(25-4)27-16-23(30)29(5)15-13-21-8-6-7-14-26-21;/h6-12,14,18-19H,13,15-17H2,1-5H3,(H2,25,27,28);1H. The minimum absolute atomic E-state index is 0. The molecule has 0 spiro atoms. The van der Waals surface area contributed by atoms with E-state index in [1.54, 1.807) is 25.2 Å². The second-order valence-corrected chi connectivity index (χ2v) is 7.95. The van der Waals surface area contributed by atoms with E-state index in [9.17, 15) is 4.79 Å². The minimum atomic E-state index is -0.00168. The molecule has 8 heteroatoms. The molecule has 2 rings (SSSR count). The van der Waals surface area contributed by atoms with Crippen LogP contribution in [0.4, 0.5) is 0 Å². The summed E-state index contributed by atoms with van der Waals surface area (Å²) in [6, 6.07) is 13.9. The van der Waals surface area contributed by atoms with Crippen molar-refractivity contribution in [2.75, 3.05) is 33.8 Å². The summed E-state index contributed by atoms with van der Waals surface area (Å²) in [5.41, 5.74) is 2.08. The summed E-state index contributed by atoms with van der Waals surface area (Å²) in [6.45, 7) is 7.80. The molecular weight excluding hydrogens is 517 g/mol. The van der Waals surface area contributed by atoms with Crippen LogP contribution in [-0.4, -0.2) is 55.5 Å². The zero-order chi connectivity index (χ0) is 22.6. The van der Waals surface area contributed by atoms with E-state index in [0.29, 0.717) is 25.0 Å². The molecule has 7 nitrogen and oxygen atoms in total. The maximum absolute atomic E-state index is 12.4. The van der Waals surface area contributed by atoms with Crippen LogP contribution in [0.1, 0.15) is 38.1 Å². The molecule has 0 aliphatic heterocycles. The van der Waals surface area contributed by atoms with Gasteiger partial charge < -0.3 is 20.3 Å². The van der Waals surface area contributed by atoms with Gasteiger partial charge in [-0.1, -0.05) is 32.0 Å². The van der Waals surface area contributed by atoms with E-state index in [2.05, 4.69) is 41.4 Å². The second kappa shape index (κ2) is 14.7. The van der Waals surface area contributed by atoms with Gasteiger partial charge in [0.2, 0.25) is 5.91 Å². The lowest BCUT2D eigenvalue weighted by atomic mass is 10.1. The van der Waals surface area contributed by atoms with Gasteiger partial charge in [0.1, 0.15) is 5.75 Å². The van der Waals surface area contributed by atoms with E-state index in [4.69, 9.17) is 4.74 Å². The zero-order valence-corrected chi connectivity index (χ0v) is 22.0. The number of nitrogens with one attached hydrogen (secondary N) is 2. The predicted molar refractivity (Wildman–Crippen MR) is 141 cm³/mol. The lowest BCUT2D eigenvalue weighted by molar-refractivity contribution is -0.128. The van der Waals surface area contributed by atoms with Crippen molar-refractivity contribution in [2.24, 2.45) is 10.9 Å². The number of carbonyl (C=O) groups excluding carboxylic acids is 1. The summed E-state index contributed by atoms with van der Waals surface area (Å²) in [5.74, 6) is 1.94. The van der Waals surface area contributed by atoms with Gasteiger partial charge in [-0.25, -0.2) is 0 Å². The molecule has 1 atom stereocenters. The molecule has 0 radical (unpaired) electrons. The fourth-order valence-electron chi connectivity index (χ4n) is 2.85. The molecular formula is C24H36IN5O2. The Hall–Kier alpha value is -2.36. The average Bonchev–Trinajstić information content (AvgIpc) is 2.79. The number of nitrogens with zero attached hydrogens (tertiary/aromatic N) is 3. The van der Waals surface area contributed by atoms with Gasteiger partial charge in [0, 0.05) is 39.0 Å². The summed E-state index contributed by atoms with van der Waals surface area (Å²) in [6.07, 6.45) is 2.49. The Balaban J connectivity index is 0.00000512. The number of hydrogen-bond acceptors (Lipinski definition) is 4. The van der Waals surface area contributed by atoms with Crippen molar-refractivity contribution in [3.05, 3.63) is 59.9 Å². The van der Waals surface area contributed by atoms with Crippen molar-refractivity contribution in [1.82, 2.24) is 20.5 Å². The molecule has 1 amide bonds. The summed E-state index contributed by atoms with van der Waals surface area (Å²) in [4.78, 5) is 22.7. The number of likely N-dealkylation sites (N-methyl/N-ethyl adjacent to an activating group) is 1. The number of guanidine groups is 1. The van der Waals surface area contributed by atoms with Gasteiger partial charge in [0.25, 0.3) is 0 Å². The Morgan fingerprint density at radius 3 is 2.47 bits per heavy atom. The van der Waals surface area contributed by atoms with Crippen molar-refractivity contribution >= 4 is 35.8 Å². The summed E-state index contributed by atoms with van der Waals surface area (Å²) >= 11 is 0. The Morgan fingerprint density at radius 2 is 1.88 bits per heavy atom. The number of halogens is 1. The third-order valence-electron chi connectivity index (χ3n) is 4.80. The van der Waals surface area contributed by atoms with E-state index in [1.807, 2.05) is 42.5 Å². The van der Waals surface area contributed by atoms with Gasteiger partial charge >= 0.3 is 0 Å². The minimum Gasteiger partial charge on any atom is -0.493 e. The number of benzene rings is 1. The molecule has 176 valence electrons. The summed E-state index contributed by atoms with van der Waals surface area (Å²) in [7, 11) is 3.49. The number of aromatic nitrogens is 1. The number of carbonyl (C=O) groups is 1. The van der Waals surface area contributed by atoms with Gasteiger partial charge in [0.15, 0.2) is 5.96 Å². The van der Waals surface area contributed by atoms with Crippen LogP contribution in [0.5, 0.6) is 5.75 Å².